The monoisotopic (exact) mass is 514 g/mol. The third-order valence-electron chi connectivity index (χ3n) is 9.31. The van der Waals surface area contributed by atoms with Gasteiger partial charge < -0.3 is 10.4 Å². The Morgan fingerprint density at radius 3 is 2.74 bits per heavy atom. The predicted molar refractivity (Wildman–Crippen MR) is 144 cm³/mol. The fourth-order valence-electron chi connectivity index (χ4n) is 7.77. The van der Waals surface area contributed by atoms with Gasteiger partial charge in [0.05, 0.1) is 6.42 Å². The molecule has 0 aliphatic heterocycles. The second-order valence-corrected chi connectivity index (χ2v) is 11.9. The van der Waals surface area contributed by atoms with Gasteiger partial charge in [-0.05, 0) is 115 Å². The van der Waals surface area contributed by atoms with E-state index in [0.717, 1.165) is 53.5 Å². The van der Waals surface area contributed by atoms with E-state index in [0.29, 0.717) is 16.8 Å². The maximum Gasteiger partial charge on any atom is 0.229 e. The molecule has 4 aliphatic rings. The summed E-state index contributed by atoms with van der Waals surface area (Å²) in [6.45, 7) is 6.29. The number of halogens is 2. The van der Waals surface area contributed by atoms with Gasteiger partial charge in [-0.2, -0.15) is 0 Å². The van der Waals surface area contributed by atoms with Crippen molar-refractivity contribution < 1.29 is 18.7 Å². The normalized spacial score (nSPS) is 29.1. The number of benzene rings is 2. The highest BCUT2D eigenvalue weighted by Gasteiger charge is 2.68. The number of phenols is 1. The molecule has 4 atom stereocenters. The Morgan fingerprint density at radius 2 is 1.97 bits per heavy atom. The lowest BCUT2D eigenvalue weighted by Gasteiger charge is -2.49. The Balaban J connectivity index is 1.24. The smallest absolute Gasteiger partial charge is 0.229 e. The van der Waals surface area contributed by atoms with Crippen LogP contribution in [0.4, 0.5) is 8.78 Å². The molecule has 4 nitrogen and oxygen atoms in total. The van der Waals surface area contributed by atoms with E-state index in [1.807, 2.05) is 6.92 Å². The number of hydrogen-bond acceptors (Lipinski definition) is 3. The van der Waals surface area contributed by atoms with E-state index in [9.17, 15) is 18.7 Å². The Hall–Kier alpha value is -3.54. The quantitative estimate of drug-likeness (QED) is 0.241. The second-order valence-electron chi connectivity index (χ2n) is 11.9. The molecule has 0 heterocycles. The van der Waals surface area contributed by atoms with Crippen LogP contribution in [0.1, 0.15) is 56.6 Å². The number of hydrogen-bond donors (Lipinski definition) is 2. The van der Waals surface area contributed by atoms with E-state index < -0.39 is 11.6 Å². The van der Waals surface area contributed by atoms with Crippen LogP contribution in [0.2, 0.25) is 0 Å². The molecule has 6 rings (SSSR count). The minimum atomic E-state index is -0.977. The molecular formula is C32H32F2N2O2. The molecule has 2 aromatic rings. The molecule has 6 heteroatoms. The molecule has 196 valence electrons. The van der Waals surface area contributed by atoms with Gasteiger partial charge in [0.2, 0.25) is 5.91 Å². The Morgan fingerprint density at radius 1 is 1.18 bits per heavy atom. The summed E-state index contributed by atoms with van der Waals surface area (Å²) in [7, 11) is 0. The highest BCUT2D eigenvalue weighted by molar-refractivity contribution is 6.08. The van der Waals surface area contributed by atoms with E-state index in [-0.39, 0.29) is 23.5 Å². The van der Waals surface area contributed by atoms with Crippen molar-refractivity contribution in [2.45, 2.75) is 51.9 Å². The van der Waals surface area contributed by atoms with Gasteiger partial charge >= 0.3 is 0 Å². The molecule has 2 aromatic carbocycles. The molecule has 3 bridgehead atoms. The van der Waals surface area contributed by atoms with Crippen LogP contribution in [-0.4, -0.2) is 16.8 Å². The summed E-state index contributed by atoms with van der Waals surface area (Å²) in [5.74, 6) is -0.147. The van der Waals surface area contributed by atoms with Crippen LogP contribution < -0.4 is 5.32 Å². The first-order valence-electron chi connectivity index (χ1n) is 13.3. The zero-order chi connectivity index (χ0) is 26.7. The van der Waals surface area contributed by atoms with Crippen molar-refractivity contribution in [3.63, 3.8) is 0 Å². The van der Waals surface area contributed by atoms with E-state index in [1.165, 1.54) is 31.7 Å². The van der Waals surface area contributed by atoms with E-state index in [4.69, 9.17) is 0 Å². The number of aromatic hydroxyl groups is 1. The lowest BCUT2D eigenvalue weighted by Crippen LogP contribution is -2.42. The molecule has 38 heavy (non-hydrogen) atoms. The Kier molecular flexibility index (Phi) is 5.89. The van der Waals surface area contributed by atoms with Crippen molar-refractivity contribution in [3.05, 3.63) is 95.2 Å². The summed E-state index contributed by atoms with van der Waals surface area (Å²) in [6, 6.07) is 10.3. The van der Waals surface area contributed by atoms with E-state index in [2.05, 4.69) is 23.0 Å². The van der Waals surface area contributed by atoms with Crippen LogP contribution in [0.25, 0.3) is 5.57 Å². The van der Waals surface area contributed by atoms with Gasteiger partial charge in [-0.15, -0.1) is 0 Å². The standard InChI is InChI=1S/C32H32F2N2O2/c1-19(13-31-14-22-9-24-12-25(16-31)32(24,15-22)18-31)30(35-17-20(2)23-4-6-26(37)7-5-23)36-29(38)11-21-3-8-27(33)28(34)10-21/h3-10,17,24-25,37H,1,11-16,18H2,2H3,(H,35,36,38)/b20-17+. The maximum absolute atomic E-state index is 13.7. The van der Waals surface area contributed by atoms with Crippen molar-refractivity contribution >= 4 is 17.3 Å². The largest absolute Gasteiger partial charge is 0.508 e. The third-order valence-corrected chi connectivity index (χ3v) is 9.31. The lowest BCUT2D eigenvalue weighted by molar-refractivity contribution is -0.119. The predicted octanol–water partition coefficient (Wildman–Crippen LogP) is 6.87. The van der Waals surface area contributed by atoms with Crippen LogP contribution in [0, 0.1) is 34.3 Å². The third kappa shape index (κ3) is 4.30. The molecule has 3 fully saturated rings. The summed E-state index contributed by atoms with van der Waals surface area (Å²) < 4.78 is 27.0. The highest BCUT2D eigenvalue weighted by atomic mass is 19.2. The van der Waals surface area contributed by atoms with Gasteiger partial charge in [-0.25, -0.2) is 13.8 Å². The fourth-order valence-corrected chi connectivity index (χ4v) is 7.77. The minimum Gasteiger partial charge on any atom is -0.508 e. The van der Waals surface area contributed by atoms with Gasteiger partial charge in [0, 0.05) is 6.20 Å². The molecule has 0 radical (unpaired) electrons. The SMILES string of the molecule is C=C(CC12CC3=CC4CC(C1)C4(C3)C2)C(=N/C=C(\C)c1ccc(O)cc1)NC(=O)Cc1ccc(F)c(F)c1. The number of fused-ring (bicyclic) bond motifs is 2. The van der Waals surface area contributed by atoms with Crippen molar-refractivity contribution in [1.29, 1.82) is 0 Å². The molecule has 4 aliphatic carbocycles. The number of carbonyl (C=O) groups is 1. The Labute approximate surface area is 221 Å². The number of nitrogens with one attached hydrogen (secondary N) is 1. The number of amides is 1. The molecule has 1 amide bonds. The lowest BCUT2D eigenvalue weighted by atomic mass is 9.55. The molecule has 0 saturated heterocycles. The van der Waals surface area contributed by atoms with Gasteiger partial charge in [0.1, 0.15) is 11.6 Å². The summed E-state index contributed by atoms with van der Waals surface area (Å²) in [4.78, 5) is 17.7. The molecule has 2 N–H and O–H groups in total. The number of allylic oxidation sites excluding steroid dienone is 3. The molecule has 0 aromatic heterocycles. The van der Waals surface area contributed by atoms with Crippen LogP contribution in [0.5, 0.6) is 5.75 Å². The first-order valence-corrected chi connectivity index (χ1v) is 13.3. The summed E-state index contributed by atoms with van der Waals surface area (Å²) in [6.07, 6.45) is 11.0. The van der Waals surface area contributed by atoms with E-state index >= 15 is 0 Å². The summed E-state index contributed by atoms with van der Waals surface area (Å²) in [5.41, 5.74) is 5.16. The number of nitrogens with zero attached hydrogens (tertiary/aromatic N) is 1. The topological polar surface area (TPSA) is 61.7 Å². The molecular weight excluding hydrogens is 482 g/mol. The van der Waals surface area contributed by atoms with Crippen LogP contribution in [0.3, 0.4) is 0 Å². The zero-order valence-electron chi connectivity index (χ0n) is 21.6. The minimum absolute atomic E-state index is 0.102. The van der Waals surface area contributed by atoms with Crippen molar-refractivity contribution in [3.8, 4) is 5.75 Å². The number of aliphatic imine (C=N–C) groups is 1. The molecule has 1 spiro atoms. The molecule has 3 saturated carbocycles. The number of rotatable bonds is 7. The van der Waals surface area contributed by atoms with Crippen molar-refractivity contribution in [2.75, 3.05) is 0 Å². The van der Waals surface area contributed by atoms with Crippen LogP contribution in [0.15, 0.2) is 77.5 Å². The van der Waals surface area contributed by atoms with Crippen LogP contribution >= 0.6 is 0 Å². The Bertz CT molecular complexity index is 1420. The maximum atomic E-state index is 13.7. The van der Waals surface area contributed by atoms with Crippen LogP contribution in [-0.2, 0) is 11.2 Å². The molecule has 4 unspecified atom stereocenters. The fraction of sp³-hybridized carbons (Fsp3) is 0.375. The van der Waals surface area contributed by atoms with Gasteiger partial charge in [-0.3, -0.25) is 4.79 Å². The summed E-state index contributed by atoms with van der Waals surface area (Å²) >= 11 is 0. The number of phenolic OH excluding ortho intramolecular Hbond substituents is 1. The number of carbonyl (C=O) groups excluding carboxylic acids is 1. The van der Waals surface area contributed by atoms with Gasteiger partial charge in [0.15, 0.2) is 11.6 Å². The van der Waals surface area contributed by atoms with Crippen molar-refractivity contribution in [2.24, 2.45) is 27.7 Å². The number of amidine groups is 1. The van der Waals surface area contributed by atoms with Gasteiger partial charge in [0.25, 0.3) is 0 Å². The highest BCUT2D eigenvalue weighted by Crippen LogP contribution is 2.77. The van der Waals surface area contributed by atoms with E-state index in [1.54, 1.807) is 36.0 Å². The zero-order valence-corrected chi connectivity index (χ0v) is 21.6. The average Bonchev–Trinajstić information content (AvgIpc) is 3.18. The second kappa shape index (κ2) is 9.04. The summed E-state index contributed by atoms with van der Waals surface area (Å²) in [5, 5.41) is 12.5. The first-order chi connectivity index (χ1) is 18.1. The first kappa shape index (κ1) is 24.8. The van der Waals surface area contributed by atoms with Gasteiger partial charge in [-0.1, -0.05) is 36.4 Å². The van der Waals surface area contributed by atoms with Crippen molar-refractivity contribution in [1.82, 2.24) is 5.32 Å². The average molecular weight is 515 g/mol.